The average molecular weight is 379 g/mol. The molecule has 2 N–H and O–H groups in total. The van der Waals surface area contributed by atoms with E-state index in [0.29, 0.717) is 11.3 Å². The van der Waals surface area contributed by atoms with E-state index in [1.165, 1.54) is 17.1 Å². The van der Waals surface area contributed by atoms with Crippen LogP contribution in [0.4, 0.5) is 5.69 Å². The minimum Gasteiger partial charge on any atom is -0.322 e. The van der Waals surface area contributed by atoms with Gasteiger partial charge in [-0.2, -0.15) is 16.9 Å². The minimum absolute atomic E-state index is 0.179. The van der Waals surface area contributed by atoms with Crippen LogP contribution in [0.1, 0.15) is 15.9 Å². The summed E-state index contributed by atoms with van der Waals surface area (Å²) in [6.45, 7) is 3.15. The number of benzene rings is 1. The number of nitrogens with zero attached hydrogens (tertiary/aromatic N) is 3. The predicted molar refractivity (Wildman–Crippen MR) is 109 cm³/mol. The topological polar surface area (TPSA) is 73.9 Å². The van der Waals surface area contributed by atoms with Crippen molar-refractivity contribution in [3.63, 3.8) is 0 Å². The zero-order valence-electron chi connectivity index (χ0n) is 14.9. The lowest BCUT2D eigenvalue weighted by molar-refractivity contribution is 0.102. The Morgan fingerprint density at radius 3 is 2.81 bits per heavy atom. The molecule has 1 aromatic carbocycles. The zero-order valence-corrected chi connectivity index (χ0v) is 15.7. The Morgan fingerprint density at radius 1 is 1.19 bits per heavy atom. The second kappa shape index (κ2) is 8.37. The number of carbonyl (C=O) groups excluding carboxylic acids is 1. The van der Waals surface area contributed by atoms with Crippen LogP contribution in [0.2, 0.25) is 0 Å². The molecule has 138 valence electrons. The number of H-pyrrole nitrogens is 1. The van der Waals surface area contributed by atoms with E-state index in [4.69, 9.17) is 0 Å². The first-order valence-corrected chi connectivity index (χ1v) is 10.1. The number of amides is 1. The van der Waals surface area contributed by atoms with Gasteiger partial charge in [0.2, 0.25) is 0 Å². The van der Waals surface area contributed by atoms with Gasteiger partial charge in [0.15, 0.2) is 0 Å². The smallest absolute Gasteiger partial charge is 0.259 e. The quantitative estimate of drug-likeness (QED) is 0.712. The SMILES string of the molecule is O=C(Nc1cccc(CN2CCSCC2)c1)c1cn[nH]c1-c1ccncc1. The summed E-state index contributed by atoms with van der Waals surface area (Å²) in [5.41, 5.74) is 4.09. The molecular formula is C20H21N5OS. The van der Waals surface area contributed by atoms with Crippen molar-refractivity contribution in [2.75, 3.05) is 29.9 Å². The van der Waals surface area contributed by atoms with Crippen LogP contribution < -0.4 is 5.32 Å². The highest BCUT2D eigenvalue weighted by molar-refractivity contribution is 7.99. The van der Waals surface area contributed by atoms with Gasteiger partial charge in [-0.1, -0.05) is 12.1 Å². The fourth-order valence-corrected chi connectivity index (χ4v) is 4.14. The summed E-state index contributed by atoms with van der Waals surface area (Å²) in [4.78, 5) is 19.2. The second-order valence-corrected chi connectivity index (χ2v) is 7.66. The Balaban J connectivity index is 1.47. The maximum Gasteiger partial charge on any atom is 0.259 e. The molecule has 0 spiro atoms. The second-order valence-electron chi connectivity index (χ2n) is 6.44. The summed E-state index contributed by atoms with van der Waals surface area (Å²) in [5, 5.41) is 9.94. The van der Waals surface area contributed by atoms with Crippen LogP contribution in [0.5, 0.6) is 0 Å². The van der Waals surface area contributed by atoms with Crippen LogP contribution in [0.15, 0.2) is 55.0 Å². The van der Waals surface area contributed by atoms with Crippen LogP contribution in [0.25, 0.3) is 11.3 Å². The van der Waals surface area contributed by atoms with Gasteiger partial charge in [-0.3, -0.25) is 19.8 Å². The van der Waals surface area contributed by atoms with Crippen molar-refractivity contribution in [2.24, 2.45) is 0 Å². The first kappa shape index (κ1) is 17.8. The van der Waals surface area contributed by atoms with Gasteiger partial charge in [-0.25, -0.2) is 0 Å². The summed E-state index contributed by atoms with van der Waals surface area (Å²) in [6, 6.07) is 11.8. The standard InChI is InChI=1S/C20H21N5OS/c26-20(18-13-22-24-19(18)16-4-6-21-7-5-16)23-17-3-1-2-15(12-17)14-25-8-10-27-11-9-25/h1-7,12-13H,8-11,14H2,(H,22,24)(H,23,26). The van der Waals surface area contributed by atoms with Crippen molar-refractivity contribution in [3.05, 3.63) is 66.1 Å². The first-order chi connectivity index (χ1) is 13.3. The number of hydrogen-bond acceptors (Lipinski definition) is 5. The van der Waals surface area contributed by atoms with E-state index < -0.39 is 0 Å². The Morgan fingerprint density at radius 2 is 2.00 bits per heavy atom. The molecule has 4 rings (SSSR count). The molecule has 0 radical (unpaired) electrons. The van der Waals surface area contributed by atoms with Crippen molar-refractivity contribution >= 4 is 23.4 Å². The Kier molecular flexibility index (Phi) is 5.50. The van der Waals surface area contributed by atoms with Gasteiger partial charge in [0.05, 0.1) is 17.5 Å². The molecule has 27 heavy (non-hydrogen) atoms. The number of pyridine rings is 1. The highest BCUT2D eigenvalue weighted by Crippen LogP contribution is 2.22. The monoisotopic (exact) mass is 379 g/mol. The molecule has 1 aliphatic rings. The van der Waals surface area contributed by atoms with E-state index in [1.807, 2.05) is 42.1 Å². The summed E-state index contributed by atoms with van der Waals surface area (Å²) in [7, 11) is 0. The average Bonchev–Trinajstić information content (AvgIpc) is 3.20. The molecule has 0 aliphatic carbocycles. The van der Waals surface area contributed by atoms with E-state index >= 15 is 0 Å². The van der Waals surface area contributed by atoms with Crippen molar-refractivity contribution in [2.45, 2.75) is 6.54 Å². The first-order valence-electron chi connectivity index (χ1n) is 8.94. The number of rotatable bonds is 5. The summed E-state index contributed by atoms with van der Waals surface area (Å²) >= 11 is 2.01. The number of nitrogens with one attached hydrogen (secondary N) is 2. The number of thioether (sulfide) groups is 1. The molecule has 3 aromatic rings. The largest absolute Gasteiger partial charge is 0.322 e. The Hall–Kier alpha value is -2.64. The zero-order chi connectivity index (χ0) is 18.5. The van der Waals surface area contributed by atoms with E-state index in [0.717, 1.165) is 30.9 Å². The number of carbonyl (C=O) groups is 1. The molecule has 0 saturated carbocycles. The molecule has 1 amide bonds. The maximum atomic E-state index is 12.8. The molecule has 0 unspecified atom stereocenters. The van der Waals surface area contributed by atoms with E-state index in [-0.39, 0.29) is 5.91 Å². The summed E-state index contributed by atoms with van der Waals surface area (Å²) in [5.74, 6) is 2.20. The third-order valence-electron chi connectivity index (χ3n) is 4.55. The van der Waals surface area contributed by atoms with Gasteiger partial charge in [-0.15, -0.1) is 0 Å². The molecule has 0 atom stereocenters. The van der Waals surface area contributed by atoms with Gasteiger partial charge < -0.3 is 5.32 Å². The molecule has 0 bridgehead atoms. The van der Waals surface area contributed by atoms with Crippen molar-refractivity contribution in [1.29, 1.82) is 0 Å². The fraction of sp³-hybridized carbons (Fsp3) is 0.250. The normalized spacial score (nSPS) is 14.8. The fourth-order valence-electron chi connectivity index (χ4n) is 3.16. The lowest BCUT2D eigenvalue weighted by Gasteiger charge is -2.26. The Bertz CT molecular complexity index is 906. The molecule has 3 heterocycles. The van der Waals surface area contributed by atoms with Gasteiger partial charge in [0, 0.05) is 54.8 Å². The summed E-state index contributed by atoms with van der Waals surface area (Å²) < 4.78 is 0. The molecule has 1 fully saturated rings. The van der Waals surface area contributed by atoms with Crippen LogP contribution in [0.3, 0.4) is 0 Å². The van der Waals surface area contributed by atoms with Crippen molar-refractivity contribution in [1.82, 2.24) is 20.1 Å². The van der Waals surface area contributed by atoms with E-state index in [1.54, 1.807) is 18.6 Å². The molecule has 1 aliphatic heterocycles. The highest BCUT2D eigenvalue weighted by atomic mass is 32.2. The lowest BCUT2D eigenvalue weighted by Crippen LogP contribution is -2.31. The third kappa shape index (κ3) is 4.37. The van der Waals surface area contributed by atoms with Crippen molar-refractivity contribution in [3.8, 4) is 11.3 Å². The lowest BCUT2D eigenvalue weighted by atomic mass is 10.1. The maximum absolute atomic E-state index is 12.8. The molecule has 7 heteroatoms. The molecule has 1 saturated heterocycles. The Labute approximate surface area is 162 Å². The predicted octanol–water partition coefficient (Wildman–Crippen LogP) is 3.27. The van der Waals surface area contributed by atoms with Crippen LogP contribution >= 0.6 is 11.8 Å². The molecular weight excluding hydrogens is 358 g/mol. The number of hydrogen-bond donors (Lipinski definition) is 2. The van der Waals surface area contributed by atoms with Gasteiger partial charge in [0.1, 0.15) is 0 Å². The van der Waals surface area contributed by atoms with Gasteiger partial charge >= 0.3 is 0 Å². The minimum atomic E-state index is -0.179. The van der Waals surface area contributed by atoms with Crippen LogP contribution in [0, 0.1) is 0 Å². The molecule has 2 aromatic heterocycles. The molecule has 6 nitrogen and oxygen atoms in total. The third-order valence-corrected chi connectivity index (χ3v) is 5.49. The van der Waals surface area contributed by atoms with Crippen LogP contribution in [-0.4, -0.2) is 50.6 Å². The van der Waals surface area contributed by atoms with Crippen molar-refractivity contribution < 1.29 is 4.79 Å². The number of aromatic amines is 1. The van der Waals surface area contributed by atoms with Crippen LogP contribution in [-0.2, 0) is 6.54 Å². The highest BCUT2D eigenvalue weighted by Gasteiger charge is 2.16. The van der Waals surface area contributed by atoms with Gasteiger partial charge in [0.25, 0.3) is 5.91 Å². The van der Waals surface area contributed by atoms with E-state index in [2.05, 4.69) is 31.5 Å². The summed E-state index contributed by atoms with van der Waals surface area (Å²) in [6.07, 6.45) is 4.95. The number of aromatic nitrogens is 3. The number of anilines is 1. The van der Waals surface area contributed by atoms with E-state index in [9.17, 15) is 4.79 Å². The van der Waals surface area contributed by atoms with Gasteiger partial charge in [-0.05, 0) is 29.8 Å².